The molecule has 2 saturated heterocycles. The summed E-state index contributed by atoms with van der Waals surface area (Å²) in [7, 11) is 0. The van der Waals surface area contributed by atoms with Crippen LogP contribution in [0.1, 0.15) is 65.2 Å². The highest BCUT2D eigenvalue weighted by Crippen LogP contribution is 2.57. The van der Waals surface area contributed by atoms with Gasteiger partial charge in [0, 0.05) is 31.5 Å². The molecule has 4 fully saturated rings. The second kappa shape index (κ2) is 5.84. The topological polar surface area (TPSA) is 0 Å². The highest BCUT2D eigenvalue weighted by atomic mass is 32.2. The van der Waals surface area contributed by atoms with E-state index in [0.717, 1.165) is 22.3 Å². The average Bonchev–Trinajstić information content (AvgIpc) is 3.41. The summed E-state index contributed by atoms with van der Waals surface area (Å²) in [5.74, 6) is 4.97. The first-order valence-electron chi connectivity index (χ1n) is 9.01. The van der Waals surface area contributed by atoms with E-state index < -0.39 is 0 Å². The Bertz CT molecular complexity index is 334. The van der Waals surface area contributed by atoms with Crippen molar-refractivity contribution in [2.24, 2.45) is 11.8 Å². The molecule has 4 aliphatic rings. The zero-order chi connectivity index (χ0) is 14.5. The molecule has 2 aliphatic heterocycles. The standard InChI is InChI=1S/C18H30S3/c1-17(11-19-17)13-3-7-15(8-4-13)21-16-9-5-14(6-10-16)18(2)12-20-18/h13-16H,3-12H2,1-2H3. The maximum atomic E-state index is 2.51. The third kappa shape index (κ3) is 3.45. The normalized spacial score (nSPS) is 53.4. The molecule has 2 saturated carbocycles. The van der Waals surface area contributed by atoms with Crippen LogP contribution in [-0.2, 0) is 0 Å². The molecule has 0 aromatic heterocycles. The molecule has 0 aromatic carbocycles. The third-order valence-corrected chi connectivity index (χ3v) is 11.4. The quantitative estimate of drug-likeness (QED) is 0.588. The molecule has 0 N–H and O–H groups in total. The molecule has 0 radical (unpaired) electrons. The average molecular weight is 343 g/mol. The fourth-order valence-corrected chi connectivity index (χ4v) is 8.09. The molecule has 2 atom stereocenters. The van der Waals surface area contributed by atoms with Crippen LogP contribution in [0.2, 0.25) is 0 Å². The predicted molar refractivity (Wildman–Crippen MR) is 101 cm³/mol. The van der Waals surface area contributed by atoms with Crippen molar-refractivity contribution < 1.29 is 0 Å². The Kier molecular flexibility index (Phi) is 4.33. The molecule has 2 unspecified atom stereocenters. The largest absolute Gasteiger partial charge is 0.155 e. The van der Waals surface area contributed by atoms with E-state index in [-0.39, 0.29) is 0 Å². The SMILES string of the molecule is CC1(C2CCC(SC3CCC(C4(C)CS4)CC3)CC2)CS1. The molecule has 0 bridgehead atoms. The van der Waals surface area contributed by atoms with Crippen LogP contribution >= 0.6 is 35.3 Å². The minimum atomic E-state index is 0.699. The predicted octanol–water partition coefficient (Wildman–Crippen LogP) is 5.85. The highest BCUT2D eigenvalue weighted by Gasteiger charge is 2.48. The van der Waals surface area contributed by atoms with Gasteiger partial charge in [0.15, 0.2) is 0 Å². The van der Waals surface area contributed by atoms with Crippen molar-refractivity contribution in [2.75, 3.05) is 11.5 Å². The molecule has 120 valence electrons. The summed E-state index contributed by atoms with van der Waals surface area (Å²) in [6.07, 6.45) is 12.1. The molecule has 4 rings (SSSR count). The van der Waals surface area contributed by atoms with E-state index in [2.05, 4.69) is 49.1 Å². The Morgan fingerprint density at radius 2 is 1.00 bits per heavy atom. The van der Waals surface area contributed by atoms with Gasteiger partial charge in [0.2, 0.25) is 0 Å². The van der Waals surface area contributed by atoms with Crippen LogP contribution < -0.4 is 0 Å². The fraction of sp³-hybridized carbons (Fsp3) is 1.00. The minimum Gasteiger partial charge on any atom is -0.155 e. The Labute approximate surface area is 143 Å². The van der Waals surface area contributed by atoms with Gasteiger partial charge in [-0.15, -0.1) is 0 Å². The molecular formula is C18H30S3. The van der Waals surface area contributed by atoms with E-state index in [4.69, 9.17) is 0 Å². The summed E-state index contributed by atoms with van der Waals surface area (Å²) >= 11 is 6.82. The number of rotatable bonds is 4. The summed E-state index contributed by atoms with van der Waals surface area (Å²) in [5.41, 5.74) is 0. The number of thioether (sulfide) groups is 3. The van der Waals surface area contributed by atoms with Crippen molar-refractivity contribution in [3.63, 3.8) is 0 Å². The minimum absolute atomic E-state index is 0.699. The highest BCUT2D eigenvalue weighted by molar-refractivity contribution is 8.08. The molecular weight excluding hydrogens is 312 g/mol. The van der Waals surface area contributed by atoms with Crippen molar-refractivity contribution in [1.29, 1.82) is 0 Å². The Hall–Kier alpha value is 1.05. The van der Waals surface area contributed by atoms with Crippen LogP contribution in [0, 0.1) is 11.8 Å². The zero-order valence-electron chi connectivity index (χ0n) is 13.6. The van der Waals surface area contributed by atoms with Crippen LogP contribution in [0.5, 0.6) is 0 Å². The van der Waals surface area contributed by atoms with Crippen molar-refractivity contribution in [1.82, 2.24) is 0 Å². The molecule has 2 aliphatic carbocycles. The second-order valence-electron chi connectivity index (χ2n) is 8.29. The monoisotopic (exact) mass is 342 g/mol. The molecule has 0 amide bonds. The summed E-state index contributed by atoms with van der Waals surface area (Å²) in [5, 5.41) is 2.00. The molecule has 0 spiro atoms. The first-order chi connectivity index (χ1) is 10.1. The summed E-state index contributed by atoms with van der Waals surface area (Å²) in [6, 6.07) is 0. The summed E-state index contributed by atoms with van der Waals surface area (Å²) in [4.78, 5) is 0. The van der Waals surface area contributed by atoms with Gasteiger partial charge in [-0.3, -0.25) is 0 Å². The Balaban J connectivity index is 1.19. The molecule has 2 heterocycles. The van der Waals surface area contributed by atoms with Gasteiger partial charge in [0.05, 0.1) is 0 Å². The maximum absolute atomic E-state index is 2.51. The smallest absolute Gasteiger partial charge is 0.0251 e. The molecule has 0 aromatic rings. The van der Waals surface area contributed by atoms with E-state index in [9.17, 15) is 0 Å². The van der Waals surface area contributed by atoms with E-state index in [0.29, 0.717) is 9.49 Å². The van der Waals surface area contributed by atoms with Gasteiger partial charge < -0.3 is 0 Å². The van der Waals surface area contributed by atoms with Gasteiger partial charge in [-0.25, -0.2) is 0 Å². The van der Waals surface area contributed by atoms with E-state index in [1.807, 2.05) is 0 Å². The first-order valence-corrected chi connectivity index (χ1v) is 11.9. The maximum Gasteiger partial charge on any atom is 0.0251 e. The Morgan fingerprint density at radius 1 is 0.667 bits per heavy atom. The number of hydrogen-bond acceptors (Lipinski definition) is 3. The third-order valence-electron chi connectivity index (χ3n) is 6.66. The lowest BCUT2D eigenvalue weighted by Crippen LogP contribution is -2.29. The lowest BCUT2D eigenvalue weighted by Gasteiger charge is -2.36. The van der Waals surface area contributed by atoms with Gasteiger partial charge in [-0.2, -0.15) is 35.3 Å². The van der Waals surface area contributed by atoms with Gasteiger partial charge in [0.1, 0.15) is 0 Å². The van der Waals surface area contributed by atoms with Crippen molar-refractivity contribution in [3.8, 4) is 0 Å². The van der Waals surface area contributed by atoms with Crippen LogP contribution in [-0.4, -0.2) is 31.5 Å². The summed E-state index contributed by atoms with van der Waals surface area (Å²) < 4.78 is 1.40. The molecule has 3 heteroatoms. The van der Waals surface area contributed by atoms with Crippen LogP contribution in [0.3, 0.4) is 0 Å². The zero-order valence-corrected chi connectivity index (χ0v) is 16.1. The number of hydrogen-bond donors (Lipinski definition) is 0. The lowest BCUT2D eigenvalue weighted by molar-refractivity contribution is 0.320. The molecule has 21 heavy (non-hydrogen) atoms. The van der Waals surface area contributed by atoms with Crippen molar-refractivity contribution in [3.05, 3.63) is 0 Å². The first kappa shape index (κ1) is 15.6. The van der Waals surface area contributed by atoms with Crippen LogP contribution in [0.15, 0.2) is 0 Å². The van der Waals surface area contributed by atoms with Gasteiger partial charge in [-0.05, 0) is 77.0 Å². The van der Waals surface area contributed by atoms with Crippen molar-refractivity contribution in [2.45, 2.75) is 85.2 Å². The van der Waals surface area contributed by atoms with Crippen LogP contribution in [0.4, 0.5) is 0 Å². The second-order valence-corrected chi connectivity index (χ2v) is 12.9. The fourth-order valence-electron chi connectivity index (χ4n) is 4.59. The Morgan fingerprint density at radius 3 is 1.29 bits per heavy atom. The molecule has 0 nitrogen and oxygen atoms in total. The van der Waals surface area contributed by atoms with E-state index in [1.165, 1.54) is 62.9 Å². The van der Waals surface area contributed by atoms with E-state index >= 15 is 0 Å². The van der Waals surface area contributed by atoms with Gasteiger partial charge >= 0.3 is 0 Å². The summed E-state index contributed by atoms with van der Waals surface area (Å²) in [6.45, 7) is 5.01. The van der Waals surface area contributed by atoms with Gasteiger partial charge in [-0.1, -0.05) is 0 Å². The van der Waals surface area contributed by atoms with Crippen LogP contribution in [0.25, 0.3) is 0 Å². The van der Waals surface area contributed by atoms with Gasteiger partial charge in [0.25, 0.3) is 0 Å². The van der Waals surface area contributed by atoms with Crippen molar-refractivity contribution >= 4 is 35.3 Å². The lowest BCUT2D eigenvalue weighted by atomic mass is 9.81. The van der Waals surface area contributed by atoms with E-state index in [1.54, 1.807) is 0 Å².